The van der Waals surface area contributed by atoms with Crippen molar-refractivity contribution in [1.82, 2.24) is 0 Å². The standard InChI is InChI=1S/C27H26N2O6/c1-34-21-4-2-3-19(13-21)28-14-17(12-22(28)30)27(33)35-20-9-7-18(8-10-20)29-25(31)23-15-5-6-16(11-15)24(23)26(29)32/h2-4,7-10,13,15-17,23-24H,5-6,11-12,14H2,1H3/t15-,16+,17-,23-,24+/m1/s1. The van der Waals surface area contributed by atoms with Crippen LogP contribution in [0.15, 0.2) is 48.5 Å². The maximum Gasteiger partial charge on any atom is 0.316 e. The molecule has 0 aromatic heterocycles. The molecule has 0 unspecified atom stereocenters. The van der Waals surface area contributed by atoms with Crippen LogP contribution in [0.2, 0.25) is 0 Å². The number of imide groups is 1. The number of nitrogens with zero attached hydrogens (tertiary/aromatic N) is 2. The molecule has 8 heteroatoms. The first-order chi connectivity index (χ1) is 16.9. The summed E-state index contributed by atoms with van der Waals surface area (Å²) in [6.07, 6.45) is 3.13. The molecule has 2 aromatic rings. The Balaban J connectivity index is 1.12. The third-order valence-corrected chi connectivity index (χ3v) is 8.06. The number of carbonyl (C=O) groups excluding carboxylic acids is 4. The van der Waals surface area contributed by atoms with Crippen LogP contribution < -0.4 is 19.3 Å². The van der Waals surface area contributed by atoms with Crippen LogP contribution in [-0.2, 0) is 19.2 Å². The van der Waals surface area contributed by atoms with Crippen LogP contribution in [0.5, 0.6) is 11.5 Å². The van der Waals surface area contributed by atoms with E-state index < -0.39 is 11.9 Å². The van der Waals surface area contributed by atoms with Crippen LogP contribution in [0.25, 0.3) is 0 Å². The number of benzene rings is 2. The van der Waals surface area contributed by atoms with E-state index in [1.807, 2.05) is 0 Å². The number of ether oxygens (including phenoxy) is 2. The van der Waals surface area contributed by atoms with E-state index in [0.29, 0.717) is 34.7 Å². The second kappa shape index (κ2) is 8.22. The van der Waals surface area contributed by atoms with Crippen molar-refractivity contribution in [3.8, 4) is 11.5 Å². The number of amides is 3. The number of anilines is 2. The Hall–Kier alpha value is -3.68. The van der Waals surface area contributed by atoms with Gasteiger partial charge in [0.25, 0.3) is 0 Å². The lowest BCUT2D eigenvalue weighted by atomic mass is 9.81. The van der Waals surface area contributed by atoms with Gasteiger partial charge in [-0.15, -0.1) is 0 Å². The first-order valence-electron chi connectivity index (χ1n) is 12.1. The Morgan fingerprint density at radius 2 is 1.57 bits per heavy atom. The van der Waals surface area contributed by atoms with Crippen molar-refractivity contribution < 1.29 is 28.7 Å². The minimum absolute atomic E-state index is 0.0655. The van der Waals surface area contributed by atoms with Crippen LogP contribution in [0.4, 0.5) is 11.4 Å². The molecule has 4 aliphatic rings. The fourth-order valence-corrected chi connectivity index (χ4v) is 6.42. The second-order valence-electron chi connectivity index (χ2n) is 9.92. The van der Waals surface area contributed by atoms with Gasteiger partial charge < -0.3 is 14.4 Å². The molecular weight excluding hydrogens is 448 g/mol. The lowest BCUT2D eigenvalue weighted by Crippen LogP contribution is -2.32. The number of hydrogen-bond acceptors (Lipinski definition) is 6. The summed E-state index contributed by atoms with van der Waals surface area (Å²) < 4.78 is 10.8. The smallest absolute Gasteiger partial charge is 0.316 e. The minimum Gasteiger partial charge on any atom is -0.497 e. The van der Waals surface area contributed by atoms with Gasteiger partial charge in [-0.05, 0) is 67.5 Å². The molecule has 35 heavy (non-hydrogen) atoms. The maximum atomic E-state index is 13.0. The van der Waals surface area contributed by atoms with Gasteiger partial charge in [0.05, 0.1) is 30.6 Å². The maximum absolute atomic E-state index is 13.0. The summed E-state index contributed by atoms with van der Waals surface area (Å²) in [5, 5.41) is 0. The van der Waals surface area contributed by atoms with E-state index in [4.69, 9.17) is 9.47 Å². The third kappa shape index (κ3) is 3.50. The van der Waals surface area contributed by atoms with Gasteiger partial charge in [0, 0.05) is 24.7 Å². The van der Waals surface area contributed by atoms with Crippen LogP contribution in [0.3, 0.4) is 0 Å². The van der Waals surface area contributed by atoms with E-state index in [1.54, 1.807) is 60.5 Å². The van der Waals surface area contributed by atoms with Crippen LogP contribution >= 0.6 is 0 Å². The predicted octanol–water partition coefficient (Wildman–Crippen LogP) is 3.19. The monoisotopic (exact) mass is 474 g/mol. The Morgan fingerprint density at radius 3 is 2.23 bits per heavy atom. The molecule has 5 atom stereocenters. The first-order valence-corrected chi connectivity index (χ1v) is 12.1. The lowest BCUT2D eigenvalue weighted by Gasteiger charge is -2.19. The zero-order valence-electron chi connectivity index (χ0n) is 19.4. The van der Waals surface area contributed by atoms with Gasteiger partial charge in [0.15, 0.2) is 0 Å². The van der Waals surface area contributed by atoms with Gasteiger partial charge in [-0.2, -0.15) is 0 Å². The first kappa shape index (κ1) is 21.8. The van der Waals surface area contributed by atoms with E-state index in [-0.39, 0.29) is 42.5 Å². The number of esters is 1. The van der Waals surface area contributed by atoms with Crippen LogP contribution in [0, 0.1) is 29.6 Å². The highest BCUT2D eigenvalue weighted by molar-refractivity contribution is 6.22. The number of fused-ring (bicyclic) bond motifs is 5. The zero-order valence-corrected chi connectivity index (χ0v) is 19.4. The van der Waals surface area contributed by atoms with E-state index in [0.717, 1.165) is 19.3 Å². The normalized spacial score (nSPS) is 29.2. The van der Waals surface area contributed by atoms with E-state index in [9.17, 15) is 19.2 Å². The molecule has 0 radical (unpaired) electrons. The molecule has 2 saturated heterocycles. The van der Waals surface area contributed by atoms with Gasteiger partial charge >= 0.3 is 5.97 Å². The second-order valence-corrected chi connectivity index (χ2v) is 9.92. The third-order valence-electron chi connectivity index (χ3n) is 8.06. The highest BCUT2D eigenvalue weighted by Crippen LogP contribution is 2.56. The van der Waals surface area contributed by atoms with Gasteiger partial charge in [-0.3, -0.25) is 24.1 Å². The molecule has 8 nitrogen and oxygen atoms in total. The van der Waals surface area contributed by atoms with Crippen LogP contribution in [-0.4, -0.2) is 37.3 Å². The van der Waals surface area contributed by atoms with Gasteiger partial charge in [-0.25, -0.2) is 0 Å². The topological polar surface area (TPSA) is 93.2 Å². The molecule has 2 heterocycles. The van der Waals surface area contributed by atoms with E-state index in [2.05, 4.69) is 0 Å². The number of carbonyl (C=O) groups is 4. The largest absolute Gasteiger partial charge is 0.497 e. The molecule has 0 N–H and O–H groups in total. The fourth-order valence-electron chi connectivity index (χ4n) is 6.42. The van der Waals surface area contributed by atoms with Crippen molar-refractivity contribution in [2.45, 2.75) is 25.7 Å². The summed E-state index contributed by atoms with van der Waals surface area (Å²) in [4.78, 5) is 54.2. The van der Waals surface area contributed by atoms with Crippen molar-refractivity contribution in [2.24, 2.45) is 29.6 Å². The molecule has 3 amide bonds. The van der Waals surface area contributed by atoms with Crippen molar-refractivity contribution in [3.63, 3.8) is 0 Å². The summed E-state index contributed by atoms with van der Waals surface area (Å²) in [5.74, 6) is -0.176. The van der Waals surface area contributed by atoms with Gasteiger partial charge in [0.1, 0.15) is 11.5 Å². The van der Waals surface area contributed by atoms with Crippen molar-refractivity contribution in [3.05, 3.63) is 48.5 Å². The van der Waals surface area contributed by atoms with Crippen molar-refractivity contribution in [2.75, 3.05) is 23.5 Å². The van der Waals surface area contributed by atoms with Gasteiger partial charge in [0.2, 0.25) is 17.7 Å². The number of rotatable bonds is 5. The predicted molar refractivity (Wildman–Crippen MR) is 126 cm³/mol. The summed E-state index contributed by atoms with van der Waals surface area (Å²) >= 11 is 0. The molecule has 2 bridgehead atoms. The molecule has 6 rings (SSSR count). The molecule has 0 spiro atoms. The Bertz CT molecular complexity index is 1200. The molecule has 2 aliphatic carbocycles. The Kier molecular flexibility index (Phi) is 5.12. The number of hydrogen-bond donors (Lipinski definition) is 0. The highest BCUT2D eigenvalue weighted by atomic mass is 16.5. The minimum atomic E-state index is -0.593. The van der Waals surface area contributed by atoms with Crippen molar-refractivity contribution >= 4 is 35.1 Å². The molecule has 2 aliphatic heterocycles. The van der Waals surface area contributed by atoms with Gasteiger partial charge in [-0.1, -0.05) is 6.07 Å². The zero-order chi connectivity index (χ0) is 24.3. The highest BCUT2D eigenvalue weighted by Gasteiger charge is 2.61. The molecular formula is C27H26N2O6. The average Bonchev–Trinajstić information content (AvgIpc) is 3.63. The summed E-state index contributed by atoms with van der Waals surface area (Å²) in [6, 6.07) is 13.6. The average molecular weight is 475 g/mol. The summed E-state index contributed by atoms with van der Waals surface area (Å²) in [7, 11) is 1.56. The molecule has 180 valence electrons. The van der Waals surface area contributed by atoms with E-state index >= 15 is 0 Å². The SMILES string of the molecule is COc1cccc(N2C[C@H](C(=O)Oc3ccc(N4C(=O)[C@@H]5[C@@H]6CC[C@@H](C6)[C@@H]5C4=O)cc3)CC2=O)c1. The van der Waals surface area contributed by atoms with Crippen molar-refractivity contribution in [1.29, 1.82) is 0 Å². The summed E-state index contributed by atoms with van der Waals surface area (Å²) in [6.45, 7) is 0.227. The Labute approximate surface area is 202 Å². The molecule has 2 saturated carbocycles. The molecule has 4 fully saturated rings. The van der Waals surface area contributed by atoms with Crippen LogP contribution in [0.1, 0.15) is 25.7 Å². The fraction of sp³-hybridized carbons (Fsp3) is 0.407. The Morgan fingerprint density at radius 1 is 0.886 bits per heavy atom. The summed E-state index contributed by atoms with van der Waals surface area (Å²) in [5.41, 5.74) is 1.18. The number of methoxy groups -OCH3 is 1. The lowest BCUT2D eigenvalue weighted by molar-refractivity contribution is -0.139. The van der Waals surface area contributed by atoms with E-state index in [1.165, 1.54) is 4.90 Å². The molecule has 2 aromatic carbocycles. The quantitative estimate of drug-likeness (QED) is 0.375.